The van der Waals surface area contributed by atoms with Crippen LogP contribution >= 0.6 is 0 Å². The second-order valence-electron chi connectivity index (χ2n) is 4.42. The van der Waals surface area contributed by atoms with Crippen LogP contribution in [0.15, 0.2) is 42.6 Å². The van der Waals surface area contributed by atoms with Crippen molar-refractivity contribution in [2.75, 3.05) is 7.11 Å². The van der Waals surface area contributed by atoms with Crippen LogP contribution < -0.4 is 4.74 Å². The van der Waals surface area contributed by atoms with Crippen LogP contribution in [0.25, 0.3) is 11.0 Å². The molecule has 0 aliphatic heterocycles. The molecule has 0 aliphatic carbocycles. The molecule has 0 spiro atoms. The number of fused-ring (bicyclic) bond motifs is 1. The molecule has 0 radical (unpaired) electrons. The van der Waals surface area contributed by atoms with E-state index in [0.29, 0.717) is 13.2 Å². The zero-order chi connectivity index (χ0) is 13.8. The summed E-state index contributed by atoms with van der Waals surface area (Å²) in [7, 11) is 1.66. The van der Waals surface area contributed by atoms with E-state index < -0.39 is 0 Å². The number of nitrogens with one attached hydrogen (secondary N) is 1. The first-order chi connectivity index (χ1) is 9.86. The van der Waals surface area contributed by atoms with Gasteiger partial charge in [0.25, 0.3) is 0 Å². The maximum absolute atomic E-state index is 5.71. The Balaban J connectivity index is 1.62. The summed E-state index contributed by atoms with van der Waals surface area (Å²) in [6, 6.07) is 11.7. The molecule has 0 saturated heterocycles. The van der Waals surface area contributed by atoms with Crippen molar-refractivity contribution in [3.05, 3.63) is 53.9 Å². The van der Waals surface area contributed by atoms with E-state index >= 15 is 0 Å². The number of rotatable bonds is 5. The van der Waals surface area contributed by atoms with Gasteiger partial charge in [-0.2, -0.15) is 5.10 Å². The molecule has 1 N–H and O–H groups in total. The minimum Gasteiger partial charge on any atom is -0.497 e. The average Bonchev–Trinajstić information content (AvgIpc) is 2.92. The van der Waals surface area contributed by atoms with Gasteiger partial charge >= 0.3 is 0 Å². The van der Waals surface area contributed by atoms with Crippen LogP contribution in [0.1, 0.15) is 11.3 Å². The lowest BCUT2D eigenvalue weighted by Gasteiger charge is -2.04. The molecule has 2 aromatic heterocycles. The van der Waals surface area contributed by atoms with Gasteiger partial charge in [0.1, 0.15) is 5.75 Å². The van der Waals surface area contributed by atoms with Gasteiger partial charge in [-0.05, 0) is 29.8 Å². The van der Waals surface area contributed by atoms with E-state index in [1.807, 2.05) is 36.4 Å². The maximum atomic E-state index is 5.71. The highest BCUT2D eigenvalue weighted by Crippen LogP contribution is 2.15. The van der Waals surface area contributed by atoms with Crippen LogP contribution in [0.5, 0.6) is 5.75 Å². The van der Waals surface area contributed by atoms with Gasteiger partial charge in [-0.15, -0.1) is 0 Å². The van der Waals surface area contributed by atoms with Gasteiger partial charge in [-0.25, -0.2) is 4.98 Å². The zero-order valence-corrected chi connectivity index (χ0v) is 11.2. The van der Waals surface area contributed by atoms with Gasteiger partial charge in [0.05, 0.1) is 26.0 Å². The van der Waals surface area contributed by atoms with Gasteiger partial charge in [-0.3, -0.25) is 5.10 Å². The predicted molar refractivity (Wildman–Crippen MR) is 75.4 cm³/mol. The largest absolute Gasteiger partial charge is 0.497 e. The summed E-state index contributed by atoms with van der Waals surface area (Å²) in [5.74, 6) is 0.847. The smallest absolute Gasteiger partial charge is 0.181 e. The highest BCUT2D eigenvalue weighted by atomic mass is 16.5. The van der Waals surface area contributed by atoms with E-state index in [1.165, 1.54) is 0 Å². The maximum Gasteiger partial charge on any atom is 0.181 e. The van der Waals surface area contributed by atoms with Crippen molar-refractivity contribution in [3.8, 4) is 5.75 Å². The number of methoxy groups -OCH3 is 1. The molecule has 0 bridgehead atoms. The second-order valence-corrected chi connectivity index (χ2v) is 4.42. The van der Waals surface area contributed by atoms with Crippen molar-refractivity contribution in [1.82, 2.24) is 15.2 Å². The van der Waals surface area contributed by atoms with Crippen LogP contribution in [-0.2, 0) is 18.0 Å². The molecule has 0 fully saturated rings. The fourth-order valence-electron chi connectivity index (χ4n) is 2.01. The number of H-pyrrole nitrogens is 1. The second kappa shape index (κ2) is 5.71. The van der Waals surface area contributed by atoms with Crippen molar-refractivity contribution in [1.29, 1.82) is 0 Å². The van der Waals surface area contributed by atoms with Crippen LogP contribution in [0.2, 0.25) is 0 Å². The Kier molecular flexibility index (Phi) is 3.60. The van der Waals surface area contributed by atoms with E-state index in [4.69, 9.17) is 9.47 Å². The number of ether oxygens (including phenoxy) is 2. The first kappa shape index (κ1) is 12.6. The molecule has 1 aromatic carbocycles. The molecule has 102 valence electrons. The number of aromatic amines is 1. The Bertz CT molecular complexity index is 692. The first-order valence-electron chi connectivity index (χ1n) is 6.35. The lowest BCUT2D eigenvalue weighted by atomic mass is 10.2. The topological polar surface area (TPSA) is 60.0 Å². The van der Waals surface area contributed by atoms with E-state index in [9.17, 15) is 0 Å². The number of hydrogen-bond donors (Lipinski definition) is 1. The predicted octanol–water partition coefficient (Wildman–Crippen LogP) is 2.68. The highest BCUT2D eigenvalue weighted by molar-refractivity contribution is 5.77. The lowest BCUT2D eigenvalue weighted by Crippen LogP contribution is -1.95. The third-order valence-electron chi connectivity index (χ3n) is 3.08. The fraction of sp³-hybridized carbons (Fsp3) is 0.200. The summed E-state index contributed by atoms with van der Waals surface area (Å²) in [6.07, 6.45) is 1.73. The SMILES string of the molecule is COc1ccc(COCc2[nH]nc3ncccc23)cc1. The summed E-state index contributed by atoms with van der Waals surface area (Å²) in [5, 5.41) is 8.10. The van der Waals surface area contributed by atoms with Crippen LogP contribution in [-0.4, -0.2) is 22.3 Å². The molecule has 0 saturated carbocycles. The molecule has 0 atom stereocenters. The molecule has 0 unspecified atom stereocenters. The Labute approximate surface area is 116 Å². The third kappa shape index (κ3) is 2.62. The molecule has 5 heteroatoms. The Morgan fingerprint density at radius 2 is 1.95 bits per heavy atom. The van der Waals surface area contributed by atoms with Crippen molar-refractivity contribution < 1.29 is 9.47 Å². The minimum absolute atomic E-state index is 0.480. The average molecular weight is 269 g/mol. The fourth-order valence-corrected chi connectivity index (χ4v) is 2.01. The van der Waals surface area contributed by atoms with Crippen molar-refractivity contribution >= 4 is 11.0 Å². The molecule has 5 nitrogen and oxygen atoms in total. The monoisotopic (exact) mass is 269 g/mol. The number of nitrogens with zero attached hydrogens (tertiary/aromatic N) is 2. The normalized spacial score (nSPS) is 10.8. The summed E-state index contributed by atoms with van der Waals surface area (Å²) in [6.45, 7) is 1.03. The minimum atomic E-state index is 0.480. The van der Waals surface area contributed by atoms with E-state index in [1.54, 1.807) is 13.3 Å². The Hall–Kier alpha value is -2.40. The highest BCUT2D eigenvalue weighted by Gasteiger charge is 2.05. The van der Waals surface area contributed by atoms with Crippen LogP contribution in [0, 0.1) is 0 Å². The Morgan fingerprint density at radius 3 is 2.75 bits per heavy atom. The van der Waals surface area contributed by atoms with Gasteiger partial charge in [-0.1, -0.05) is 12.1 Å². The van der Waals surface area contributed by atoms with Crippen molar-refractivity contribution in [3.63, 3.8) is 0 Å². The van der Waals surface area contributed by atoms with E-state index in [0.717, 1.165) is 28.0 Å². The summed E-state index contributed by atoms with van der Waals surface area (Å²) >= 11 is 0. The van der Waals surface area contributed by atoms with Crippen LogP contribution in [0.4, 0.5) is 0 Å². The van der Waals surface area contributed by atoms with Crippen molar-refractivity contribution in [2.24, 2.45) is 0 Å². The molecule has 20 heavy (non-hydrogen) atoms. The quantitative estimate of drug-likeness (QED) is 0.773. The van der Waals surface area contributed by atoms with E-state index in [-0.39, 0.29) is 0 Å². The number of hydrogen-bond acceptors (Lipinski definition) is 4. The standard InChI is InChI=1S/C15H15N3O2/c1-19-12-6-4-11(5-7-12)9-20-10-14-13-3-2-8-16-15(13)18-17-14/h2-8H,9-10H2,1H3,(H,16,17,18). The summed E-state index contributed by atoms with van der Waals surface area (Å²) in [4.78, 5) is 4.18. The molecular weight excluding hydrogens is 254 g/mol. The molecule has 3 rings (SSSR count). The van der Waals surface area contributed by atoms with Gasteiger partial charge in [0.15, 0.2) is 5.65 Å². The molecule has 2 heterocycles. The molecule has 0 aliphatic rings. The number of benzene rings is 1. The van der Waals surface area contributed by atoms with Gasteiger partial charge in [0.2, 0.25) is 0 Å². The summed E-state index contributed by atoms with van der Waals surface area (Å²) in [5.41, 5.74) is 2.77. The summed E-state index contributed by atoms with van der Waals surface area (Å²) < 4.78 is 10.8. The van der Waals surface area contributed by atoms with Crippen molar-refractivity contribution in [2.45, 2.75) is 13.2 Å². The van der Waals surface area contributed by atoms with E-state index in [2.05, 4.69) is 15.2 Å². The molecule has 0 amide bonds. The lowest BCUT2D eigenvalue weighted by molar-refractivity contribution is 0.105. The molecule has 3 aromatic rings. The molecular formula is C15H15N3O2. The first-order valence-corrected chi connectivity index (χ1v) is 6.35. The third-order valence-corrected chi connectivity index (χ3v) is 3.08. The number of pyridine rings is 1. The number of aromatic nitrogens is 3. The zero-order valence-electron chi connectivity index (χ0n) is 11.2. The van der Waals surface area contributed by atoms with Gasteiger partial charge in [0, 0.05) is 11.6 Å². The van der Waals surface area contributed by atoms with Crippen LogP contribution in [0.3, 0.4) is 0 Å². The Morgan fingerprint density at radius 1 is 1.10 bits per heavy atom. The van der Waals surface area contributed by atoms with Gasteiger partial charge < -0.3 is 9.47 Å².